The summed E-state index contributed by atoms with van der Waals surface area (Å²) in [5.41, 5.74) is 1.72. The van der Waals surface area contributed by atoms with E-state index in [1.807, 2.05) is 18.2 Å². The number of piperidine rings is 1. The molecule has 0 spiro atoms. The molecular weight excluding hydrogens is 474 g/mol. The number of likely N-dealkylation sites (tertiary alicyclic amines) is 1. The minimum Gasteiger partial charge on any atom is -0.352 e. The molecule has 8 heteroatoms. The van der Waals surface area contributed by atoms with E-state index in [1.165, 1.54) is 12.8 Å². The number of aromatic nitrogens is 3. The predicted octanol–water partition coefficient (Wildman–Crippen LogP) is 4.96. The first-order valence-corrected chi connectivity index (χ1v) is 12.4. The number of anilines is 1. The van der Waals surface area contributed by atoms with Crippen molar-refractivity contribution in [2.24, 2.45) is 5.92 Å². The van der Waals surface area contributed by atoms with Crippen molar-refractivity contribution in [2.45, 2.75) is 43.7 Å². The third-order valence-corrected chi connectivity index (χ3v) is 8.05. The Balaban J connectivity index is 1.27. The molecule has 6 nitrogen and oxygen atoms in total. The van der Waals surface area contributed by atoms with Crippen molar-refractivity contribution in [3.63, 3.8) is 0 Å². The molecule has 3 atom stereocenters. The maximum atomic E-state index is 13.8. The van der Waals surface area contributed by atoms with E-state index in [-0.39, 0.29) is 11.9 Å². The summed E-state index contributed by atoms with van der Waals surface area (Å²) in [5, 5.41) is 4.43. The largest absolute Gasteiger partial charge is 0.352 e. The van der Waals surface area contributed by atoms with Crippen LogP contribution in [-0.2, 0) is 0 Å². The fourth-order valence-corrected chi connectivity index (χ4v) is 6.00. The molecule has 1 N–H and O–H groups in total. The summed E-state index contributed by atoms with van der Waals surface area (Å²) in [4.78, 5) is 30.4. The summed E-state index contributed by atoms with van der Waals surface area (Å²) in [7, 11) is 0. The summed E-state index contributed by atoms with van der Waals surface area (Å²) in [6.45, 7) is 0.653. The van der Waals surface area contributed by atoms with E-state index in [1.54, 1.807) is 23.7 Å². The summed E-state index contributed by atoms with van der Waals surface area (Å²) < 4.78 is 0.848. The molecule has 3 aliphatic rings. The number of nitrogens with one attached hydrogen (secondary N) is 1. The van der Waals surface area contributed by atoms with Gasteiger partial charge in [-0.25, -0.2) is 15.0 Å². The lowest BCUT2D eigenvalue weighted by Crippen LogP contribution is -2.42. The number of carbonyl (C=O) groups excluding carboxylic acids is 1. The first kappa shape index (κ1) is 19.4. The first-order chi connectivity index (χ1) is 15.2. The lowest BCUT2D eigenvalue weighted by atomic mass is 10.1. The second-order valence-corrected chi connectivity index (χ2v) is 10.6. The van der Waals surface area contributed by atoms with Crippen LogP contribution in [0.5, 0.6) is 0 Å². The molecule has 0 bridgehead atoms. The summed E-state index contributed by atoms with van der Waals surface area (Å²) >= 11 is 5.06. The van der Waals surface area contributed by atoms with Crippen LogP contribution in [0.25, 0.3) is 10.4 Å². The van der Waals surface area contributed by atoms with E-state index in [0.717, 1.165) is 32.8 Å². The molecule has 0 radical (unpaired) electrons. The van der Waals surface area contributed by atoms with Crippen LogP contribution >= 0.6 is 27.3 Å². The predicted molar refractivity (Wildman–Crippen MR) is 124 cm³/mol. The molecule has 31 heavy (non-hydrogen) atoms. The third kappa shape index (κ3) is 3.76. The van der Waals surface area contributed by atoms with Gasteiger partial charge < -0.3 is 10.2 Å². The Kier molecular flexibility index (Phi) is 4.79. The number of thiazole rings is 1. The van der Waals surface area contributed by atoms with E-state index < -0.39 is 0 Å². The molecule has 3 fully saturated rings. The minimum atomic E-state index is 0.0792. The molecule has 1 aliphatic heterocycles. The van der Waals surface area contributed by atoms with Crippen molar-refractivity contribution in [2.75, 3.05) is 11.9 Å². The fourth-order valence-electron chi connectivity index (χ4n) is 4.56. The van der Waals surface area contributed by atoms with Gasteiger partial charge in [0, 0.05) is 30.9 Å². The molecule has 6 rings (SSSR count). The van der Waals surface area contributed by atoms with E-state index >= 15 is 0 Å². The standard InChI is InChI=1S/C23H22BrN5OS/c24-16-10-25-23(26-11-16)27-12-17-8-15-9-18(15)29(17)22(30)19-20(13-4-2-1-3-5-13)31-21(28-19)14-6-7-14/h1-5,10-11,14-15,17-18H,6-9,12H2,(H,25,26,27)/t15?,17?,18-/m0/s1. The van der Waals surface area contributed by atoms with Gasteiger partial charge in [0.25, 0.3) is 5.91 Å². The molecule has 3 aromatic rings. The van der Waals surface area contributed by atoms with Gasteiger partial charge in [-0.1, -0.05) is 30.3 Å². The topological polar surface area (TPSA) is 71.0 Å². The van der Waals surface area contributed by atoms with Gasteiger partial charge in [0.15, 0.2) is 0 Å². The van der Waals surface area contributed by atoms with Crippen LogP contribution in [-0.4, -0.2) is 44.4 Å². The highest BCUT2D eigenvalue weighted by Crippen LogP contribution is 2.50. The van der Waals surface area contributed by atoms with E-state index in [9.17, 15) is 4.79 Å². The number of hydrogen-bond acceptors (Lipinski definition) is 6. The highest BCUT2D eigenvalue weighted by atomic mass is 79.9. The van der Waals surface area contributed by atoms with Crippen molar-refractivity contribution in [3.05, 3.63) is 57.9 Å². The Bertz CT molecular complexity index is 1110. The second-order valence-electron chi connectivity index (χ2n) is 8.64. The number of benzene rings is 1. The maximum Gasteiger partial charge on any atom is 0.274 e. The number of amides is 1. The quantitative estimate of drug-likeness (QED) is 0.523. The van der Waals surface area contributed by atoms with Gasteiger partial charge >= 0.3 is 0 Å². The molecule has 1 amide bonds. The number of carbonyl (C=O) groups is 1. The molecule has 1 saturated heterocycles. The molecule has 2 unspecified atom stereocenters. The van der Waals surface area contributed by atoms with Crippen molar-refractivity contribution in [3.8, 4) is 10.4 Å². The van der Waals surface area contributed by atoms with E-state index in [4.69, 9.17) is 4.98 Å². The zero-order chi connectivity index (χ0) is 20.9. The average Bonchev–Trinajstić information content (AvgIpc) is 3.71. The van der Waals surface area contributed by atoms with Gasteiger partial charge in [0.05, 0.1) is 20.4 Å². The Hall–Kier alpha value is -2.32. The van der Waals surface area contributed by atoms with Crippen LogP contribution in [0.4, 0.5) is 5.95 Å². The zero-order valence-corrected chi connectivity index (χ0v) is 19.3. The highest BCUT2D eigenvalue weighted by Gasteiger charge is 2.54. The van der Waals surface area contributed by atoms with Crippen LogP contribution < -0.4 is 5.32 Å². The number of rotatable bonds is 6. The van der Waals surface area contributed by atoms with Crippen molar-refractivity contribution in [1.29, 1.82) is 0 Å². The lowest BCUT2D eigenvalue weighted by Gasteiger charge is -2.27. The normalized spacial score (nSPS) is 24.2. The van der Waals surface area contributed by atoms with Gasteiger partial charge in [-0.2, -0.15) is 0 Å². The van der Waals surface area contributed by atoms with Gasteiger partial charge in [-0.15, -0.1) is 11.3 Å². The second kappa shape index (κ2) is 7.67. The first-order valence-electron chi connectivity index (χ1n) is 10.8. The molecule has 2 aliphatic carbocycles. The Labute approximate surface area is 193 Å². The van der Waals surface area contributed by atoms with Crippen LogP contribution in [0.3, 0.4) is 0 Å². The summed E-state index contributed by atoms with van der Waals surface area (Å²) in [6.07, 6.45) is 7.96. The van der Waals surface area contributed by atoms with Gasteiger partial charge in [-0.05, 0) is 53.1 Å². The smallest absolute Gasteiger partial charge is 0.274 e. The summed E-state index contributed by atoms with van der Waals surface area (Å²) in [5.74, 6) is 1.82. The molecule has 2 aromatic heterocycles. The highest BCUT2D eigenvalue weighted by molar-refractivity contribution is 9.10. The number of halogens is 1. The Morgan fingerprint density at radius 2 is 1.94 bits per heavy atom. The van der Waals surface area contributed by atoms with E-state index in [2.05, 4.69) is 48.2 Å². The van der Waals surface area contributed by atoms with Crippen LogP contribution in [0, 0.1) is 5.92 Å². The molecule has 158 valence electrons. The summed E-state index contributed by atoms with van der Waals surface area (Å²) in [6, 6.07) is 10.7. The van der Waals surface area contributed by atoms with Crippen molar-refractivity contribution < 1.29 is 4.79 Å². The molecule has 1 aromatic carbocycles. The van der Waals surface area contributed by atoms with Crippen molar-refractivity contribution >= 4 is 39.1 Å². The number of nitrogens with zero attached hydrogens (tertiary/aromatic N) is 4. The molecule has 2 saturated carbocycles. The van der Waals surface area contributed by atoms with E-state index in [0.29, 0.717) is 36.1 Å². The zero-order valence-electron chi connectivity index (χ0n) is 16.9. The molecule has 3 heterocycles. The average molecular weight is 496 g/mol. The number of hydrogen-bond donors (Lipinski definition) is 1. The fraction of sp³-hybridized carbons (Fsp3) is 0.391. The van der Waals surface area contributed by atoms with Gasteiger partial charge in [-0.3, -0.25) is 4.79 Å². The maximum absolute atomic E-state index is 13.8. The number of fused-ring (bicyclic) bond motifs is 1. The molecular formula is C23H22BrN5OS. The SMILES string of the molecule is O=C(c1nc(C2CC2)sc1-c1ccccc1)N1C(CNc2ncc(Br)cn2)CC2C[C@@H]21. The van der Waals surface area contributed by atoms with Gasteiger partial charge in [0.2, 0.25) is 5.95 Å². The van der Waals surface area contributed by atoms with Gasteiger partial charge in [0.1, 0.15) is 5.69 Å². The minimum absolute atomic E-state index is 0.0792. The Morgan fingerprint density at radius 1 is 1.16 bits per heavy atom. The van der Waals surface area contributed by atoms with Crippen molar-refractivity contribution in [1.82, 2.24) is 19.9 Å². The van der Waals surface area contributed by atoms with Crippen LogP contribution in [0.2, 0.25) is 0 Å². The Morgan fingerprint density at radius 3 is 2.68 bits per heavy atom. The third-order valence-electron chi connectivity index (χ3n) is 6.37. The lowest BCUT2D eigenvalue weighted by molar-refractivity contribution is 0.0704. The van der Waals surface area contributed by atoms with Crippen LogP contribution in [0.15, 0.2) is 47.2 Å². The monoisotopic (exact) mass is 495 g/mol. The van der Waals surface area contributed by atoms with Crippen LogP contribution in [0.1, 0.15) is 47.1 Å².